The molecule has 1 aliphatic heterocycles. The molecular formula is C13H14N6O. The molecule has 0 amide bonds. The van der Waals surface area contributed by atoms with E-state index in [1.54, 1.807) is 0 Å². The molecular weight excluding hydrogens is 256 g/mol. The summed E-state index contributed by atoms with van der Waals surface area (Å²) >= 11 is 0. The lowest BCUT2D eigenvalue weighted by Crippen LogP contribution is -2.37. The molecule has 0 spiro atoms. The van der Waals surface area contributed by atoms with Crippen LogP contribution in [-0.4, -0.2) is 45.9 Å². The van der Waals surface area contributed by atoms with E-state index >= 15 is 0 Å². The van der Waals surface area contributed by atoms with Crippen LogP contribution in [0.15, 0.2) is 24.3 Å². The average Bonchev–Trinajstić information content (AvgIpc) is 2.90. The van der Waals surface area contributed by atoms with Crippen LogP contribution in [0, 0.1) is 0 Å². The van der Waals surface area contributed by atoms with Crippen LogP contribution in [0.1, 0.15) is 0 Å². The third kappa shape index (κ3) is 1.60. The number of nitrogens with zero attached hydrogens (tertiary/aromatic N) is 5. The zero-order valence-corrected chi connectivity index (χ0v) is 10.9. The number of hydrogen-bond donors (Lipinski definition) is 1. The van der Waals surface area contributed by atoms with E-state index < -0.39 is 0 Å². The molecule has 2 N–H and O–H groups in total. The Morgan fingerprint density at radius 2 is 1.90 bits per heavy atom. The number of para-hydroxylation sites is 2. The highest BCUT2D eigenvalue weighted by atomic mass is 16.5. The largest absolute Gasteiger partial charge is 0.378 e. The Bertz CT molecular complexity index is 777. The van der Waals surface area contributed by atoms with Gasteiger partial charge in [0.2, 0.25) is 11.6 Å². The molecule has 3 heterocycles. The highest BCUT2D eigenvalue weighted by Crippen LogP contribution is 2.25. The number of nitrogens with two attached hydrogens (primary N) is 1. The van der Waals surface area contributed by atoms with Crippen molar-refractivity contribution in [1.29, 1.82) is 0 Å². The van der Waals surface area contributed by atoms with Gasteiger partial charge in [-0.05, 0) is 12.1 Å². The minimum atomic E-state index is 0.383. The highest BCUT2D eigenvalue weighted by Gasteiger charge is 2.20. The van der Waals surface area contributed by atoms with Crippen LogP contribution < -0.4 is 10.6 Å². The van der Waals surface area contributed by atoms with Crippen molar-refractivity contribution in [2.45, 2.75) is 0 Å². The predicted octanol–water partition coefficient (Wildman–Crippen LogP) is 0.696. The maximum absolute atomic E-state index is 5.96. The zero-order valence-electron chi connectivity index (χ0n) is 10.9. The number of fused-ring (bicyclic) bond motifs is 3. The van der Waals surface area contributed by atoms with Crippen molar-refractivity contribution in [3.05, 3.63) is 24.3 Å². The molecule has 0 radical (unpaired) electrons. The van der Waals surface area contributed by atoms with Gasteiger partial charge in [-0.15, -0.1) is 10.2 Å². The predicted molar refractivity (Wildman–Crippen MR) is 75.7 cm³/mol. The Labute approximate surface area is 115 Å². The summed E-state index contributed by atoms with van der Waals surface area (Å²) < 4.78 is 7.24. The maximum atomic E-state index is 5.96. The third-order valence-corrected chi connectivity index (χ3v) is 3.55. The Balaban J connectivity index is 2.03. The van der Waals surface area contributed by atoms with Crippen LogP contribution in [0.5, 0.6) is 0 Å². The first-order chi connectivity index (χ1) is 9.84. The fourth-order valence-electron chi connectivity index (χ4n) is 2.58. The van der Waals surface area contributed by atoms with Crippen LogP contribution in [0.4, 0.5) is 11.8 Å². The number of nitrogen functional groups attached to an aromatic ring is 1. The lowest BCUT2D eigenvalue weighted by Gasteiger charge is -2.28. The fourth-order valence-corrected chi connectivity index (χ4v) is 2.58. The van der Waals surface area contributed by atoms with Crippen molar-refractivity contribution < 1.29 is 4.74 Å². The normalized spacial score (nSPS) is 16.1. The van der Waals surface area contributed by atoms with Gasteiger partial charge in [-0.2, -0.15) is 0 Å². The quantitative estimate of drug-likeness (QED) is 0.701. The summed E-state index contributed by atoms with van der Waals surface area (Å²) in [5.74, 6) is 1.20. The number of aromatic nitrogens is 4. The summed E-state index contributed by atoms with van der Waals surface area (Å²) in [5.41, 5.74) is 8.46. The summed E-state index contributed by atoms with van der Waals surface area (Å²) in [5, 5.41) is 8.18. The molecule has 102 valence electrons. The van der Waals surface area contributed by atoms with Gasteiger partial charge in [0.25, 0.3) is 0 Å². The molecule has 0 unspecified atom stereocenters. The smallest absolute Gasteiger partial charge is 0.227 e. The van der Waals surface area contributed by atoms with E-state index in [1.807, 2.05) is 28.7 Å². The van der Waals surface area contributed by atoms with Gasteiger partial charge in [-0.25, -0.2) is 4.98 Å². The van der Waals surface area contributed by atoms with Gasteiger partial charge in [0.15, 0.2) is 5.82 Å². The Morgan fingerprint density at radius 3 is 2.75 bits per heavy atom. The summed E-state index contributed by atoms with van der Waals surface area (Å²) in [4.78, 5) is 6.90. The molecule has 1 aliphatic rings. The number of anilines is 2. The van der Waals surface area contributed by atoms with E-state index in [0.29, 0.717) is 24.8 Å². The molecule has 0 aliphatic carbocycles. The summed E-state index contributed by atoms with van der Waals surface area (Å²) in [7, 11) is 0. The summed E-state index contributed by atoms with van der Waals surface area (Å²) in [6.07, 6.45) is 0. The minimum Gasteiger partial charge on any atom is -0.378 e. The van der Waals surface area contributed by atoms with E-state index in [4.69, 9.17) is 15.5 Å². The van der Waals surface area contributed by atoms with Crippen molar-refractivity contribution in [3.63, 3.8) is 0 Å². The molecule has 3 aromatic rings. The van der Waals surface area contributed by atoms with Crippen LogP contribution >= 0.6 is 0 Å². The maximum Gasteiger partial charge on any atom is 0.227 e. The third-order valence-electron chi connectivity index (χ3n) is 3.55. The topological polar surface area (TPSA) is 81.6 Å². The second-order valence-electron chi connectivity index (χ2n) is 4.74. The second-order valence-corrected chi connectivity index (χ2v) is 4.74. The molecule has 0 atom stereocenters. The van der Waals surface area contributed by atoms with Crippen molar-refractivity contribution in [3.8, 4) is 0 Å². The lowest BCUT2D eigenvalue weighted by atomic mass is 10.3. The molecule has 7 nitrogen and oxygen atoms in total. The zero-order chi connectivity index (χ0) is 13.5. The summed E-state index contributed by atoms with van der Waals surface area (Å²) in [6, 6.07) is 7.86. The van der Waals surface area contributed by atoms with E-state index in [-0.39, 0.29) is 0 Å². The molecule has 1 fully saturated rings. The molecule has 1 saturated heterocycles. The summed E-state index contributed by atoms with van der Waals surface area (Å²) in [6.45, 7) is 3.00. The Kier molecular flexibility index (Phi) is 2.46. The molecule has 0 saturated carbocycles. The monoisotopic (exact) mass is 270 g/mol. The Hall–Kier alpha value is -2.41. The van der Waals surface area contributed by atoms with Crippen molar-refractivity contribution >= 4 is 28.4 Å². The average molecular weight is 270 g/mol. The molecule has 1 aromatic carbocycles. The molecule has 0 bridgehead atoms. The molecule has 7 heteroatoms. The van der Waals surface area contributed by atoms with Gasteiger partial charge in [0.1, 0.15) is 0 Å². The van der Waals surface area contributed by atoms with Gasteiger partial charge in [-0.3, -0.25) is 4.40 Å². The van der Waals surface area contributed by atoms with Gasteiger partial charge in [0.05, 0.1) is 24.2 Å². The van der Waals surface area contributed by atoms with Crippen LogP contribution in [0.25, 0.3) is 16.7 Å². The van der Waals surface area contributed by atoms with Crippen molar-refractivity contribution in [2.75, 3.05) is 36.9 Å². The van der Waals surface area contributed by atoms with E-state index in [9.17, 15) is 0 Å². The first kappa shape index (κ1) is 11.4. The van der Waals surface area contributed by atoms with Crippen LogP contribution in [-0.2, 0) is 4.74 Å². The second kappa shape index (κ2) is 4.31. The van der Waals surface area contributed by atoms with Gasteiger partial charge in [0, 0.05) is 13.1 Å². The number of rotatable bonds is 1. The van der Waals surface area contributed by atoms with Gasteiger partial charge in [-0.1, -0.05) is 12.1 Å². The van der Waals surface area contributed by atoms with E-state index in [1.165, 1.54) is 0 Å². The van der Waals surface area contributed by atoms with Crippen LogP contribution in [0.3, 0.4) is 0 Å². The number of hydrogen-bond acceptors (Lipinski definition) is 6. The first-order valence-electron chi connectivity index (χ1n) is 6.56. The van der Waals surface area contributed by atoms with E-state index in [0.717, 1.165) is 29.9 Å². The number of benzene rings is 1. The number of ether oxygens (including phenoxy) is 1. The molecule has 4 rings (SSSR count). The van der Waals surface area contributed by atoms with Crippen molar-refractivity contribution in [2.24, 2.45) is 0 Å². The lowest BCUT2D eigenvalue weighted by molar-refractivity contribution is 0.122. The van der Waals surface area contributed by atoms with Gasteiger partial charge < -0.3 is 15.4 Å². The number of morpholine rings is 1. The highest BCUT2D eigenvalue weighted by molar-refractivity contribution is 5.84. The molecule has 20 heavy (non-hydrogen) atoms. The van der Waals surface area contributed by atoms with E-state index in [2.05, 4.69) is 15.1 Å². The SMILES string of the molecule is Nc1nnc2c(N3CCOCC3)nc3ccccc3n12. The van der Waals surface area contributed by atoms with Crippen LogP contribution in [0.2, 0.25) is 0 Å². The first-order valence-corrected chi connectivity index (χ1v) is 6.56. The standard InChI is InChI=1S/C13H14N6O/c14-13-17-16-12-11(18-5-7-20-8-6-18)15-9-3-1-2-4-10(9)19(12)13/h1-4H,5-8H2,(H2,14,17). The molecule has 2 aromatic heterocycles. The van der Waals surface area contributed by atoms with Crippen molar-refractivity contribution in [1.82, 2.24) is 19.6 Å². The minimum absolute atomic E-state index is 0.383. The van der Waals surface area contributed by atoms with Gasteiger partial charge >= 0.3 is 0 Å². The Morgan fingerprint density at radius 1 is 1.10 bits per heavy atom. The fraction of sp³-hybridized carbons (Fsp3) is 0.308.